The first-order valence-electron chi connectivity index (χ1n) is 5.49. The zero-order valence-electron chi connectivity index (χ0n) is 9.39. The van der Waals surface area contributed by atoms with Gasteiger partial charge in [0, 0.05) is 12.2 Å². The van der Waals surface area contributed by atoms with Gasteiger partial charge >= 0.3 is 0 Å². The molecule has 0 heterocycles. The largest absolute Gasteiger partial charge is 0.399 e. The Morgan fingerprint density at radius 3 is 2.65 bits per heavy atom. The molecule has 0 aliphatic heterocycles. The third kappa shape index (κ3) is 2.77. The number of anilines is 1. The predicted octanol–water partition coefficient (Wildman–Crippen LogP) is 0.462. The monoisotopic (exact) mass is 256 g/mol. The van der Waals surface area contributed by atoms with Crippen molar-refractivity contribution in [1.82, 2.24) is 4.72 Å². The van der Waals surface area contributed by atoms with Crippen LogP contribution in [0.25, 0.3) is 0 Å². The second kappa shape index (κ2) is 4.29. The fourth-order valence-electron chi connectivity index (χ4n) is 1.76. The molecule has 5 nitrogen and oxygen atoms in total. The first-order chi connectivity index (χ1) is 7.91. The van der Waals surface area contributed by atoms with Gasteiger partial charge in [-0.3, -0.25) is 0 Å². The summed E-state index contributed by atoms with van der Waals surface area (Å²) in [5.41, 5.74) is 5.06. The molecule has 0 aromatic heterocycles. The van der Waals surface area contributed by atoms with Crippen LogP contribution in [-0.2, 0) is 10.0 Å². The summed E-state index contributed by atoms with van der Waals surface area (Å²) in [5, 5.41) is 9.82. The molecule has 17 heavy (non-hydrogen) atoms. The number of rotatable bonds is 4. The first kappa shape index (κ1) is 12.3. The molecule has 1 fully saturated rings. The number of aliphatic hydroxyl groups is 1. The van der Waals surface area contributed by atoms with Crippen LogP contribution in [-0.4, -0.2) is 25.7 Å². The Kier molecular flexibility index (Phi) is 3.11. The van der Waals surface area contributed by atoms with Crippen LogP contribution >= 0.6 is 0 Å². The Labute approximate surface area is 101 Å². The van der Waals surface area contributed by atoms with Crippen molar-refractivity contribution in [3.05, 3.63) is 24.3 Å². The molecule has 0 amide bonds. The summed E-state index contributed by atoms with van der Waals surface area (Å²) >= 11 is 0. The molecule has 1 aromatic rings. The zero-order valence-corrected chi connectivity index (χ0v) is 10.2. The van der Waals surface area contributed by atoms with E-state index in [0.29, 0.717) is 18.5 Å². The van der Waals surface area contributed by atoms with Crippen molar-refractivity contribution in [2.24, 2.45) is 0 Å². The lowest BCUT2D eigenvalue weighted by molar-refractivity contribution is -0.0270. The SMILES string of the molecule is Nc1cccc(S(=O)(=O)NCC2(O)CCC2)c1. The number of sulfonamides is 1. The molecular formula is C11H16N2O3S. The molecule has 1 aliphatic rings. The second-order valence-electron chi connectivity index (χ2n) is 4.47. The summed E-state index contributed by atoms with van der Waals surface area (Å²) < 4.78 is 26.2. The molecule has 0 unspecified atom stereocenters. The number of nitrogens with two attached hydrogens (primary N) is 1. The molecule has 4 N–H and O–H groups in total. The maximum atomic E-state index is 11.9. The molecule has 1 aromatic carbocycles. The third-order valence-electron chi connectivity index (χ3n) is 3.04. The van der Waals surface area contributed by atoms with E-state index < -0.39 is 15.6 Å². The molecule has 1 saturated carbocycles. The van der Waals surface area contributed by atoms with Crippen LogP contribution in [0.15, 0.2) is 29.2 Å². The molecule has 1 aliphatic carbocycles. The second-order valence-corrected chi connectivity index (χ2v) is 6.24. The van der Waals surface area contributed by atoms with Crippen LogP contribution in [0.2, 0.25) is 0 Å². The zero-order chi connectivity index (χ0) is 12.5. The third-order valence-corrected chi connectivity index (χ3v) is 4.44. The average Bonchev–Trinajstić information content (AvgIpc) is 2.24. The van der Waals surface area contributed by atoms with Gasteiger partial charge in [-0.05, 0) is 37.5 Å². The Bertz CT molecular complexity index is 509. The van der Waals surface area contributed by atoms with Crippen molar-refractivity contribution in [3.63, 3.8) is 0 Å². The van der Waals surface area contributed by atoms with E-state index in [-0.39, 0.29) is 11.4 Å². The van der Waals surface area contributed by atoms with E-state index in [1.54, 1.807) is 12.1 Å². The lowest BCUT2D eigenvalue weighted by atomic mass is 9.81. The van der Waals surface area contributed by atoms with Crippen LogP contribution in [0.3, 0.4) is 0 Å². The highest BCUT2D eigenvalue weighted by Crippen LogP contribution is 2.31. The summed E-state index contributed by atoms with van der Waals surface area (Å²) in [4.78, 5) is 0.125. The van der Waals surface area contributed by atoms with Gasteiger partial charge in [-0.2, -0.15) is 0 Å². The van der Waals surface area contributed by atoms with Gasteiger partial charge in [0.05, 0.1) is 10.5 Å². The van der Waals surface area contributed by atoms with Crippen LogP contribution in [0, 0.1) is 0 Å². The highest BCUT2D eigenvalue weighted by atomic mass is 32.2. The predicted molar refractivity (Wildman–Crippen MR) is 64.8 cm³/mol. The minimum atomic E-state index is -3.58. The van der Waals surface area contributed by atoms with Crippen LogP contribution in [0.4, 0.5) is 5.69 Å². The molecule has 0 atom stereocenters. The smallest absolute Gasteiger partial charge is 0.240 e. The molecular weight excluding hydrogens is 240 g/mol. The summed E-state index contributed by atoms with van der Waals surface area (Å²) in [6.07, 6.45) is 2.23. The normalized spacial score (nSPS) is 18.6. The fraction of sp³-hybridized carbons (Fsp3) is 0.455. The Balaban J connectivity index is 2.08. The van der Waals surface area contributed by atoms with E-state index in [1.165, 1.54) is 12.1 Å². The Morgan fingerprint density at radius 2 is 2.12 bits per heavy atom. The van der Waals surface area contributed by atoms with E-state index in [0.717, 1.165) is 6.42 Å². The molecule has 0 spiro atoms. The average molecular weight is 256 g/mol. The number of nitrogen functional groups attached to an aromatic ring is 1. The van der Waals surface area contributed by atoms with Gasteiger partial charge in [-0.15, -0.1) is 0 Å². The Morgan fingerprint density at radius 1 is 1.41 bits per heavy atom. The van der Waals surface area contributed by atoms with Gasteiger partial charge in [0.15, 0.2) is 0 Å². The number of benzene rings is 1. The van der Waals surface area contributed by atoms with Crippen molar-refractivity contribution >= 4 is 15.7 Å². The van der Waals surface area contributed by atoms with Crippen molar-refractivity contribution < 1.29 is 13.5 Å². The van der Waals surface area contributed by atoms with Gasteiger partial charge in [-0.25, -0.2) is 13.1 Å². The van der Waals surface area contributed by atoms with E-state index in [2.05, 4.69) is 4.72 Å². The standard InChI is InChI=1S/C11H16N2O3S/c12-9-3-1-4-10(7-9)17(15,16)13-8-11(14)5-2-6-11/h1,3-4,7,13-14H,2,5-6,8,12H2. The molecule has 2 rings (SSSR count). The van der Waals surface area contributed by atoms with Gasteiger partial charge in [0.1, 0.15) is 0 Å². The van der Waals surface area contributed by atoms with Crippen LogP contribution < -0.4 is 10.5 Å². The van der Waals surface area contributed by atoms with E-state index >= 15 is 0 Å². The van der Waals surface area contributed by atoms with Crippen molar-refractivity contribution in [2.45, 2.75) is 29.8 Å². The summed E-state index contributed by atoms with van der Waals surface area (Å²) in [7, 11) is -3.58. The van der Waals surface area contributed by atoms with E-state index in [1.807, 2.05) is 0 Å². The topological polar surface area (TPSA) is 92.4 Å². The quantitative estimate of drug-likeness (QED) is 0.682. The number of nitrogens with one attached hydrogen (secondary N) is 1. The van der Waals surface area contributed by atoms with Gasteiger partial charge in [0.25, 0.3) is 0 Å². The highest BCUT2D eigenvalue weighted by molar-refractivity contribution is 7.89. The lowest BCUT2D eigenvalue weighted by Crippen LogP contribution is -2.47. The minimum absolute atomic E-state index is 0.0597. The first-order valence-corrected chi connectivity index (χ1v) is 6.97. The highest BCUT2D eigenvalue weighted by Gasteiger charge is 2.35. The Hall–Kier alpha value is -1.11. The van der Waals surface area contributed by atoms with Crippen LogP contribution in [0.5, 0.6) is 0 Å². The molecule has 0 bridgehead atoms. The molecule has 94 valence electrons. The summed E-state index contributed by atoms with van der Waals surface area (Å²) in [6.45, 7) is 0.0597. The van der Waals surface area contributed by atoms with E-state index in [9.17, 15) is 13.5 Å². The molecule has 6 heteroatoms. The van der Waals surface area contributed by atoms with E-state index in [4.69, 9.17) is 5.73 Å². The molecule has 0 radical (unpaired) electrons. The van der Waals surface area contributed by atoms with Crippen molar-refractivity contribution in [1.29, 1.82) is 0 Å². The number of hydrogen-bond donors (Lipinski definition) is 3. The maximum Gasteiger partial charge on any atom is 0.240 e. The summed E-state index contributed by atoms with van der Waals surface area (Å²) in [6, 6.07) is 6.08. The van der Waals surface area contributed by atoms with Crippen LogP contribution in [0.1, 0.15) is 19.3 Å². The fourth-order valence-corrected chi connectivity index (χ4v) is 2.93. The van der Waals surface area contributed by atoms with Gasteiger partial charge in [0.2, 0.25) is 10.0 Å². The summed E-state index contributed by atoms with van der Waals surface area (Å²) in [5.74, 6) is 0. The van der Waals surface area contributed by atoms with Crippen molar-refractivity contribution in [2.75, 3.05) is 12.3 Å². The molecule has 0 saturated heterocycles. The number of hydrogen-bond acceptors (Lipinski definition) is 4. The lowest BCUT2D eigenvalue weighted by Gasteiger charge is -2.36. The van der Waals surface area contributed by atoms with Gasteiger partial charge < -0.3 is 10.8 Å². The minimum Gasteiger partial charge on any atom is -0.399 e. The van der Waals surface area contributed by atoms with Crippen molar-refractivity contribution in [3.8, 4) is 0 Å². The maximum absolute atomic E-state index is 11.9. The van der Waals surface area contributed by atoms with Gasteiger partial charge in [-0.1, -0.05) is 6.07 Å².